The van der Waals surface area contributed by atoms with Crippen molar-refractivity contribution in [3.05, 3.63) is 49.0 Å². The molecule has 1 atom stereocenters. The predicted octanol–water partition coefficient (Wildman–Crippen LogP) is 4.10. The largest absolute Gasteiger partial charge is 0.481 e. The molecule has 1 aliphatic heterocycles. The van der Waals surface area contributed by atoms with E-state index in [9.17, 15) is 14.7 Å². The molecule has 1 aromatic heterocycles. The second kappa shape index (κ2) is 5.55. The monoisotopic (exact) mass is 429 g/mol. The van der Waals surface area contributed by atoms with Crippen molar-refractivity contribution in [2.75, 3.05) is 11.4 Å². The number of halogens is 2. The Kier molecular flexibility index (Phi) is 3.90. The first-order valence-corrected chi connectivity index (χ1v) is 8.47. The van der Waals surface area contributed by atoms with Crippen LogP contribution in [0.15, 0.2) is 37.9 Å². The van der Waals surface area contributed by atoms with Crippen molar-refractivity contribution in [3.8, 4) is 0 Å². The minimum absolute atomic E-state index is 0.160. The lowest BCUT2D eigenvalue weighted by Gasteiger charge is -2.17. The normalized spacial score (nSPS) is 16.9. The van der Waals surface area contributed by atoms with E-state index in [1.807, 2.05) is 6.07 Å². The fourth-order valence-corrected chi connectivity index (χ4v) is 5.22. The summed E-state index contributed by atoms with van der Waals surface area (Å²) >= 11 is 8.14. The number of anilines is 1. The van der Waals surface area contributed by atoms with Crippen molar-refractivity contribution in [1.29, 1.82) is 0 Å². The van der Waals surface area contributed by atoms with Gasteiger partial charge < -0.3 is 10.0 Å². The Labute approximate surface area is 141 Å². The molecule has 0 fully saturated rings. The summed E-state index contributed by atoms with van der Waals surface area (Å²) in [4.78, 5) is 25.6. The molecule has 1 aromatic carbocycles. The molecule has 7 heteroatoms. The summed E-state index contributed by atoms with van der Waals surface area (Å²) in [7, 11) is 0. The molecule has 4 nitrogen and oxygen atoms in total. The third kappa shape index (κ3) is 2.54. The zero-order valence-electron chi connectivity index (χ0n) is 10.5. The van der Waals surface area contributed by atoms with Gasteiger partial charge in [0.05, 0.1) is 13.1 Å². The summed E-state index contributed by atoms with van der Waals surface area (Å²) in [5.41, 5.74) is 1.89. The Balaban J connectivity index is 2.02. The Morgan fingerprint density at radius 3 is 2.62 bits per heavy atom. The molecule has 0 spiro atoms. The summed E-state index contributed by atoms with van der Waals surface area (Å²) in [6.07, 6.45) is 0. The van der Waals surface area contributed by atoms with Crippen LogP contribution in [0.3, 0.4) is 0 Å². The van der Waals surface area contributed by atoms with E-state index < -0.39 is 11.9 Å². The van der Waals surface area contributed by atoms with Crippen molar-refractivity contribution in [2.45, 2.75) is 5.92 Å². The SMILES string of the molecule is O=C(O)C1CN(C(=O)c2cc(Br)sc2Br)c2ccccc21. The fraction of sp³-hybridized carbons (Fsp3) is 0.143. The number of carboxylic acid groups (broad SMARTS) is 1. The molecule has 0 aliphatic carbocycles. The molecular formula is C14H9Br2NO3S. The Morgan fingerprint density at radius 1 is 1.29 bits per heavy atom. The van der Waals surface area contributed by atoms with Crippen LogP contribution in [0.25, 0.3) is 0 Å². The van der Waals surface area contributed by atoms with Gasteiger partial charge in [0.1, 0.15) is 5.92 Å². The summed E-state index contributed by atoms with van der Waals surface area (Å²) in [5, 5.41) is 9.34. The van der Waals surface area contributed by atoms with Gasteiger partial charge in [-0.15, -0.1) is 11.3 Å². The average molecular weight is 431 g/mol. The van der Waals surface area contributed by atoms with Gasteiger partial charge in [-0.3, -0.25) is 9.59 Å². The quantitative estimate of drug-likeness (QED) is 0.780. The molecule has 0 radical (unpaired) electrons. The van der Waals surface area contributed by atoms with Crippen molar-refractivity contribution in [3.63, 3.8) is 0 Å². The van der Waals surface area contributed by atoms with Gasteiger partial charge in [-0.1, -0.05) is 18.2 Å². The van der Waals surface area contributed by atoms with Crippen LogP contribution in [0, 0.1) is 0 Å². The molecule has 0 saturated carbocycles. The molecule has 1 N–H and O–H groups in total. The van der Waals surface area contributed by atoms with Crippen molar-refractivity contribution < 1.29 is 14.7 Å². The highest BCUT2D eigenvalue weighted by atomic mass is 79.9. The van der Waals surface area contributed by atoms with Gasteiger partial charge >= 0.3 is 5.97 Å². The number of aliphatic carboxylic acids is 1. The number of benzene rings is 1. The third-order valence-corrected chi connectivity index (χ3v) is 5.74. The van der Waals surface area contributed by atoms with Crippen LogP contribution in [-0.2, 0) is 4.79 Å². The minimum atomic E-state index is -0.914. The molecule has 0 saturated heterocycles. The maximum Gasteiger partial charge on any atom is 0.312 e. The van der Waals surface area contributed by atoms with Gasteiger partial charge in [-0.2, -0.15) is 0 Å². The third-order valence-electron chi connectivity index (χ3n) is 3.40. The van der Waals surface area contributed by atoms with Crippen LogP contribution in [0.1, 0.15) is 21.8 Å². The lowest BCUT2D eigenvalue weighted by molar-refractivity contribution is -0.138. The number of thiophene rings is 1. The summed E-state index contributed by atoms with van der Waals surface area (Å²) in [6.45, 7) is 0.160. The molecule has 108 valence electrons. The van der Waals surface area contributed by atoms with E-state index in [1.54, 1.807) is 24.3 Å². The van der Waals surface area contributed by atoms with Crippen molar-refractivity contribution in [2.24, 2.45) is 0 Å². The van der Waals surface area contributed by atoms with E-state index in [-0.39, 0.29) is 12.5 Å². The van der Waals surface area contributed by atoms with Gasteiger partial charge in [0.25, 0.3) is 5.91 Å². The molecule has 1 amide bonds. The van der Waals surface area contributed by atoms with E-state index in [1.165, 1.54) is 16.2 Å². The highest BCUT2D eigenvalue weighted by Crippen LogP contribution is 2.39. The van der Waals surface area contributed by atoms with Crippen LogP contribution in [-0.4, -0.2) is 23.5 Å². The molecular weight excluding hydrogens is 422 g/mol. The number of rotatable bonds is 2. The molecule has 2 aromatic rings. The Morgan fingerprint density at radius 2 is 2.00 bits per heavy atom. The van der Waals surface area contributed by atoms with E-state index in [2.05, 4.69) is 31.9 Å². The number of carbonyl (C=O) groups is 2. The Bertz CT molecular complexity index is 744. The van der Waals surface area contributed by atoms with Crippen LogP contribution >= 0.6 is 43.2 Å². The maximum atomic E-state index is 12.7. The van der Waals surface area contributed by atoms with Gasteiger partial charge in [0.15, 0.2) is 0 Å². The number of hydrogen-bond donors (Lipinski definition) is 1. The van der Waals surface area contributed by atoms with E-state index in [0.29, 0.717) is 16.8 Å². The fourth-order valence-electron chi connectivity index (χ4n) is 2.44. The van der Waals surface area contributed by atoms with Crippen molar-refractivity contribution >= 4 is 60.8 Å². The zero-order valence-corrected chi connectivity index (χ0v) is 14.5. The number of fused-ring (bicyclic) bond motifs is 1. The smallest absolute Gasteiger partial charge is 0.312 e. The Hall–Kier alpha value is -1.18. The number of amides is 1. The predicted molar refractivity (Wildman–Crippen MR) is 88.2 cm³/mol. The molecule has 3 rings (SSSR count). The van der Waals surface area contributed by atoms with Gasteiger partial charge in [0.2, 0.25) is 0 Å². The number of hydrogen-bond acceptors (Lipinski definition) is 3. The highest BCUT2D eigenvalue weighted by molar-refractivity contribution is 9.12. The summed E-state index contributed by atoms with van der Waals surface area (Å²) in [6, 6.07) is 8.89. The molecule has 21 heavy (non-hydrogen) atoms. The molecule has 2 heterocycles. The van der Waals surface area contributed by atoms with Gasteiger partial charge in [-0.05, 0) is 49.6 Å². The standard InChI is InChI=1S/C14H9Br2NO3S/c15-11-5-8(12(16)21-11)13(18)17-6-9(14(19)20)7-3-1-2-4-10(7)17/h1-5,9H,6H2,(H,19,20). The number of para-hydroxylation sites is 1. The maximum absolute atomic E-state index is 12.7. The number of nitrogens with zero attached hydrogens (tertiary/aromatic N) is 1. The van der Waals surface area contributed by atoms with Gasteiger partial charge in [-0.25, -0.2) is 0 Å². The van der Waals surface area contributed by atoms with Crippen molar-refractivity contribution in [1.82, 2.24) is 0 Å². The second-order valence-corrected chi connectivity index (χ2v) is 8.35. The summed E-state index contributed by atoms with van der Waals surface area (Å²) in [5.74, 6) is -1.78. The van der Waals surface area contributed by atoms with Crippen LogP contribution in [0.2, 0.25) is 0 Å². The first-order chi connectivity index (χ1) is 9.99. The first-order valence-electron chi connectivity index (χ1n) is 6.07. The molecule has 1 aliphatic rings. The molecule has 1 unspecified atom stereocenters. The van der Waals surface area contributed by atoms with E-state index >= 15 is 0 Å². The second-order valence-electron chi connectivity index (χ2n) is 4.60. The number of carbonyl (C=O) groups excluding carboxylic acids is 1. The lowest BCUT2D eigenvalue weighted by atomic mass is 10.0. The average Bonchev–Trinajstić information content (AvgIpc) is 2.98. The van der Waals surface area contributed by atoms with E-state index in [0.717, 1.165) is 7.57 Å². The first kappa shape index (κ1) is 14.7. The van der Waals surface area contributed by atoms with Crippen LogP contribution < -0.4 is 4.90 Å². The highest BCUT2D eigenvalue weighted by Gasteiger charge is 2.37. The van der Waals surface area contributed by atoms with Gasteiger partial charge in [0, 0.05) is 12.2 Å². The molecule has 0 bridgehead atoms. The number of carboxylic acids is 1. The van der Waals surface area contributed by atoms with Crippen LogP contribution in [0.4, 0.5) is 5.69 Å². The van der Waals surface area contributed by atoms with E-state index in [4.69, 9.17) is 0 Å². The lowest BCUT2D eigenvalue weighted by Crippen LogP contribution is -2.31. The minimum Gasteiger partial charge on any atom is -0.481 e. The van der Waals surface area contributed by atoms with Crippen LogP contribution in [0.5, 0.6) is 0 Å². The topological polar surface area (TPSA) is 57.6 Å². The summed E-state index contributed by atoms with van der Waals surface area (Å²) < 4.78 is 1.58. The zero-order chi connectivity index (χ0) is 15.1.